The van der Waals surface area contributed by atoms with Crippen LogP contribution in [0.25, 0.3) is 0 Å². The van der Waals surface area contributed by atoms with Crippen molar-refractivity contribution < 1.29 is 9.90 Å². The molecule has 1 aromatic carbocycles. The minimum absolute atomic E-state index is 0.136. The van der Waals surface area contributed by atoms with Crippen LogP contribution < -0.4 is 0 Å². The lowest BCUT2D eigenvalue weighted by Crippen LogP contribution is -2.25. The molecule has 0 bridgehead atoms. The smallest absolute Gasteiger partial charge is 0.222 e. The highest BCUT2D eigenvalue weighted by Gasteiger charge is 2.08. The Bertz CT molecular complexity index is 365. The number of nitrogens with zero attached hydrogens (tertiary/aromatic N) is 1. The molecule has 0 aliphatic rings. The Balaban J connectivity index is 2.42. The molecule has 100 valence electrons. The van der Waals surface area contributed by atoms with E-state index in [4.69, 9.17) is 5.11 Å². The molecule has 3 nitrogen and oxygen atoms in total. The van der Waals surface area contributed by atoms with E-state index in [1.165, 1.54) is 4.90 Å². The van der Waals surface area contributed by atoms with Crippen LogP contribution >= 0.6 is 11.8 Å². The summed E-state index contributed by atoms with van der Waals surface area (Å²) in [4.78, 5) is 14.8. The van der Waals surface area contributed by atoms with Crippen molar-refractivity contribution in [2.45, 2.75) is 30.7 Å². The molecular weight excluding hydrogens is 246 g/mol. The number of thioether (sulfide) groups is 1. The molecule has 4 heteroatoms. The lowest BCUT2D eigenvalue weighted by atomic mass is 10.2. The van der Waals surface area contributed by atoms with Gasteiger partial charge in [-0.25, -0.2) is 0 Å². The molecule has 1 amide bonds. The molecule has 0 aliphatic carbocycles. The predicted octanol–water partition coefficient (Wildman–Crippen LogP) is 2.53. The Morgan fingerprint density at radius 1 is 1.28 bits per heavy atom. The van der Waals surface area contributed by atoms with Crippen LogP contribution in [0.15, 0.2) is 29.2 Å². The summed E-state index contributed by atoms with van der Waals surface area (Å²) in [5, 5.41) is 8.68. The molecule has 1 rings (SSSR count). The zero-order valence-electron chi connectivity index (χ0n) is 11.1. The van der Waals surface area contributed by atoms with Gasteiger partial charge in [-0.15, -0.1) is 11.8 Å². The molecule has 0 saturated heterocycles. The van der Waals surface area contributed by atoms with Gasteiger partial charge in [0.05, 0.1) is 0 Å². The Kier molecular flexibility index (Phi) is 6.83. The average Bonchev–Trinajstić information content (AvgIpc) is 2.39. The van der Waals surface area contributed by atoms with Crippen molar-refractivity contribution in [2.75, 3.05) is 19.9 Å². The highest BCUT2D eigenvalue weighted by molar-refractivity contribution is 7.98. The van der Waals surface area contributed by atoms with Crippen LogP contribution in [0.3, 0.4) is 0 Å². The Hall–Kier alpha value is -1.00. The highest BCUT2D eigenvalue weighted by atomic mass is 32.2. The zero-order chi connectivity index (χ0) is 13.4. The van der Waals surface area contributed by atoms with Gasteiger partial charge in [0, 0.05) is 31.5 Å². The van der Waals surface area contributed by atoms with Crippen LogP contribution in [-0.2, 0) is 11.3 Å². The lowest BCUT2D eigenvalue weighted by Gasteiger charge is -2.17. The average molecular weight is 267 g/mol. The van der Waals surface area contributed by atoms with E-state index in [0.29, 0.717) is 19.4 Å². The van der Waals surface area contributed by atoms with E-state index in [9.17, 15) is 4.79 Å². The lowest BCUT2D eigenvalue weighted by molar-refractivity contribution is -0.130. The minimum atomic E-state index is 0.136. The van der Waals surface area contributed by atoms with Crippen molar-refractivity contribution in [1.82, 2.24) is 4.90 Å². The maximum absolute atomic E-state index is 11.8. The molecule has 0 heterocycles. The number of benzene rings is 1. The summed E-state index contributed by atoms with van der Waals surface area (Å²) in [6, 6.07) is 8.26. The van der Waals surface area contributed by atoms with Crippen molar-refractivity contribution in [3.63, 3.8) is 0 Å². The van der Waals surface area contributed by atoms with Gasteiger partial charge in [-0.05, 0) is 36.8 Å². The largest absolute Gasteiger partial charge is 0.396 e. The van der Waals surface area contributed by atoms with Gasteiger partial charge in [0.2, 0.25) is 5.91 Å². The predicted molar refractivity (Wildman–Crippen MR) is 75.6 cm³/mol. The van der Waals surface area contributed by atoms with Gasteiger partial charge in [-0.3, -0.25) is 4.79 Å². The molecular formula is C14H21NO2S. The summed E-state index contributed by atoms with van der Waals surface area (Å²) in [6.07, 6.45) is 4.01. The van der Waals surface area contributed by atoms with Gasteiger partial charge >= 0.3 is 0 Å². The summed E-state index contributed by atoms with van der Waals surface area (Å²) in [5.41, 5.74) is 1.14. The van der Waals surface area contributed by atoms with Crippen molar-refractivity contribution in [3.05, 3.63) is 29.8 Å². The first-order valence-corrected chi connectivity index (χ1v) is 7.37. The van der Waals surface area contributed by atoms with Crippen LogP contribution in [0.4, 0.5) is 0 Å². The fourth-order valence-corrected chi connectivity index (χ4v) is 2.08. The minimum Gasteiger partial charge on any atom is -0.396 e. The number of aliphatic hydroxyl groups excluding tert-OH is 1. The van der Waals surface area contributed by atoms with Gasteiger partial charge in [-0.2, -0.15) is 0 Å². The number of unbranched alkanes of at least 4 members (excludes halogenated alkanes) is 1. The first-order valence-electron chi connectivity index (χ1n) is 6.15. The Morgan fingerprint density at radius 2 is 1.94 bits per heavy atom. The molecule has 18 heavy (non-hydrogen) atoms. The monoisotopic (exact) mass is 267 g/mol. The standard InChI is InChI=1S/C14H21NO2S/c1-15(14(17)5-3-4-10-16)11-12-6-8-13(18-2)9-7-12/h6-9,16H,3-5,10-11H2,1-2H3. The second kappa shape index (κ2) is 8.16. The van der Waals surface area contributed by atoms with E-state index in [-0.39, 0.29) is 12.5 Å². The van der Waals surface area contributed by atoms with Crippen LogP contribution in [0, 0.1) is 0 Å². The van der Waals surface area contributed by atoms with Gasteiger partial charge < -0.3 is 10.0 Å². The Labute approximate surface area is 113 Å². The molecule has 1 N–H and O–H groups in total. The number of hydrogen-bond acceptors (Lipinski definition) is 3. The molecule has 0 unspecified atom stereocenters. The molecule has 1 aromatic rings. The van der Waals surface area contributed by atoms with E-state index in [0.717, 1.165) is 12.0 Å². The van der Waals surface area contributed by atoms with E-state index in [1.54, 1.807) is 16.7 Å². The number of aliphatic hydroxyl groups is 1. The van der Waals surface area contributed by atoms with Crippen LogP contribution in [0.5, 0.6) is 0 Å². The molecule has 0 fully saturated rings. The maximum atomic E-state index is 11.8. The molecule has 0 saturated carbocycles. The van der Waals surface area contributed by atoms with Crippen molar-refractivity contribution in [3.8, 4) is 0 Å². The zero-order valence-corrected chi connectivity index (χ0v) is 11.9. The molecule has 0 atom stereocenters. The second-order valence-corrected chi connectivity index (χ2v) is 5.16. The van der Waals surface area contributed by atoms with Crippen LogP contribution in [-0.4, -0.2) is 35.8 Å². The molecule has 0 aliphatic heterocycles. The Morgan fingerprint density at radius 3 is 2.50 bits per heavy atom. The van der Waals surface area contributed by atoms with Crippen molar-refractivity contribution in [1.29, 1.82) is 0 Å². The fraction of sp³-hybridized carbons (Fsp3) is 0.500. The van der Waals surface area contributed by atoms with E-state index >= 15 is 0 Å². The SMILES string of the molecule is CSc1ccc(CN(C)C(=O)CCCCO)cc1. The van der Waals surface area contributed by atoms with Crippen molar-refractivity contribution in [2.24, 2.45) is 0 Å². The topological polar surface area (TPSA) is 40.5 Å². The summed E-state index contributed by atoms with van der Waals surface area (Å²) >= 11 is 1.71. The normalized spacial score (nSPS) is 10.4. The van der Waals surface area contributed by atoms with E-state index < -0.39 is 0 Å². The number of carbonyl (C=O) groups is 1. The van der Waals surface area contributed by atoms with Gasteiger partial charge in [0.15, 0.2) is 0 Å². The molecule has 0 spiro atoms. The maximum Gasteiger partial charge on any atom is 0.222 e. The van der Waals surface area contributed by atoms with Gasteiger partial charge in [0.1, 0.15) is 0 Å². The van der Waals surface area contributed by atoms with Crippen LogP contribution in [0.1, 0.15) is 24.8 Å². The van der Waals surface area contributed by atoms with E-state index in [1.807, 2.05) is 13.3 Å². The summed E-state index contributed by atoms with van der Waals surface area (Å²) in [6.45, 7) is 0.805. The second-order valence-electron chi connectivity index (χ2n) is 4.28. The quantitative estimate of drug-likeness (QED) is 0.609. The summed E-state index contributed by atoms with van der Waals surface area (Å²) < 4.78 is 0. The third kappa shape index (κ3) is 5.10. The molecule has 0 aromatic heterocycles. The first-order chi connectivity index (χ1) is 8.67. The summed E-state index contributed by atoms with van der Waals surface area (Å²) in [5.74, 6) is 0.136. The highest BCUT2D eigenvalue weighted by Crippen LogP contribution is 2.15. The third-order valence-electron chi connectivity index (χ3n) is 2.80. The number of rotatable bonds is 7. The molecule has 0 radical (unpaired) electrons. The number of amides is 1. The fourth-order valence-electron chi connectivity index (χ4n) is 1.67. The summed E-state index contributed by atoms with van der Waals surface area (Å²) in [7, 11) is 1.82. The van der Waals surface area contributed by atoms with Crippen LogP contribution in [0.2, 0.25) is 0 Å². The number of carbonyl (C=O) groups excluding carboxylic acids is 1. The van der Waals surface area contributed by atoms with Crippen molar-refractivity contribution >= 4 is 17.7 Å². The van der Waals surface area contributed by atoms with Gasteiger partial charge in [-0.1, -0.05) is 12.1 Å². The van der Waals surface area contributed by atoms with E-state index in [2.05, 4.69) is 24.3 Å². The number of hydrogen-bond donors (Lipinski definition) is 1. The third-order valence-corrected chi connectivity index (χ3v) is 3.55. The van der Waals surface area contributed by atoms with Gasteiger partial charge in [0.25, 0.3) is 0 Å². The first kappa shape index (κ1) is 15.1.